The Morgan fingerprint density at radius 3 is 2.47 bits per heavy atom. The average molecular weight is 868 g/mol. The van der Waals surface area contributed by atoms with Gasteiger partial charge >= 0.3 is 12.3 Å². The van der Waals surface area contributed by atoms with Crippen molar-refractivity contribution >= 4 is 44.6 Å². The summed E-state index contributed by atoms with van der Waals surface area (Å²) in [6.45, 7) is 2.24. The number of halogens is 4. The molecule has 1 aromatic heterocycles. The highest BCUT2D eigenvalue weighted by molar-refractivity contribution is 7.91. The number of ether oxygens (including phenoxy) is 3. The normalized spacial score (nSPS) is 32.4. The summed E-state index contributed by atoms with van der Waals surface area (Å²) in [5.74, 6) is -5.52. The fraction of sp³-hybridized carbons (Fsp3) is 0.625. The number of amides is 4. The van der Waals surface area contributed by atoms with Gasteiger partial charge in [0.25, 0.3) is 5.91 Å². The summed E-state index contributed by atoms with van der Waals surface area (Å²) in [4.78, 5) is 62.4. The number of allylic oxidation sites excluding steroid dienone is 1. The second kappa shape index (κ2) is 16.3. The van der Waals surface area contributed by atoms with E-state index in [1.54, 1.807) is 43.3 Å². The van der Waals surface area contributed by atoms with Crippen LogP contribution in [0.3, 0.4) is 0 Å². The van der Waals surface area contributed by atoms with Crippen molar-refractivity contribution in [2.45, 2.75) is 112 Å². The number of carbonyl (C=O) groups is 4. The smallest absolute Gasteiger partial charge is 0.412 e. The topological polar surface area (TPSA) is 194 Å². The maximum absolute atomic E-state index is 15.8. The molecule has 4 heterocycles. The van der Waals surface area contributed by atoms with E-state index in [4.69, 9.17) is 14.2 Å². The Morgan fingerprint density at radius 2 is 1.85 bits per heavy atom. The molecule has 328 valence electrons. The van der Waals surface area contributed by atoms with Crippen molar-refractivity contribution in [2.24, 2.45) is 17.8 Å². The summed E-state index contributed by atoms with van der Waals surface area (Å²) in [6.07, 6.45) is -3.87. The van der Waals surface area contributed by atoms with E-state index < -0.39 is 106 Å². The first-order chi connectivity index (χ1) is 28.4. The number of pyridine rings is 1. The van der Waals surface area contributed by atoms with E-state index in [1.165, 1.54) is 13.3 Å². The molecule has 4 amide bonds. The van der Waals surface area contributed by atoms with Crippen LogP contribution in [0.5, 0.6) is 11.6 Å². The zero-order valence-corrected chi connectivity index (χ0v) is 34.1. The fourth-order valence-electron chi connectivity index (χ4n) is 9.16. The highest BCUT2D eigenvalue weighted by Gasteiger charge is 2.66. The van der Waals surface area contributed by atoms with Crippen LogP contribution in [0.15, 0.2) is 42.6 Å². The summed E-state index contributed by atoms with van der Waals surface area (Å²) in [5.41, 5.74) is -1.99. The third-order valence-electron chi connectivity index (χ3n) is 12.7. The monoisotopic (exact) mass is 867 g/mol. The number of alkyl halides is 4. The summed E-state index contributed by atoms with van der Waals surface area (Å²) >= 11 is 0. The second-order valence-electron chi connectivity index (χ2n) is 16.8. The summed E-state index contributed by atoms with van der Waals surface area (Å²) in [6, 6.07) is -0.981. The molecule has 0 radical (unpaired) electrons. The summed E-state index contributed by atoms with van der Waals surface area (Å²) in [7, 11) is -3.19. The van der Waals surface area contributed by atoms with Crippen LogP contribution in [0, 0.1) is 17.8 Å². The number of hydrogen-bond acceptors (Lipinski definition) is 10. The van der Waals surface area contributed by atoms with Gasteiger partial charge in [-0.25, -0.2) is 22.6 Å². The maximum atomic E-state index is 15.8. The van der Waals surface area contributed by atoms with Gasteiger partial charge in [0.05, 0.1) is 26.0 Å². The molecule has 9 atom stereocenters. The van der Waals surface area contributed by atoms with Gasteiger partial charge in [0, 0.05) is 29.7 Å². The number of benzene rings is 1. The molecule has 7 rings (SSSR count). The number of methoxy groups -OCH3 is 1. The molecule has 5 aliphatic rings. The van der Waals surface area contributed by atoms with E-state index in [1.807, 2.05) is 11.6 Å². The van der Waals surface area contributed by atoms with Gasteiger partial charge in [0.1, 0.15) is 40.9 Å². The Labute approximate surface area is 344 Å². The van der Waals surface area contributed by atoms with E-state index in [2.05, 4.69) is 10.3 Å². The average Bonchev–Trinajstić information content (AvgIpc) is 4.02. The van der Waals surface area contributed by atoms with Gasteiger partial charge < -0.3 is 29.5 Å². The zero-order valence-electron chi connectivity index (χ0n) is 33.3. The summed E-state index contributed by atoms with van der Waals surface area (Å²) in [5, 5.41) is 13.9. The van der Waals surface area contributed by atoms with Crippen molar-refractivity contribution in [2.75, 3.05) is 27.0 Å². The van der Waals surface area contributed by atoms with E-state index in [-0.39, 0.29) is 62.5 Å². The van der Waals surface area contributed by atoms with Crippen molar-refractivity contribution in [3.63, 3.8) is 0 Å². The Hall–Kier alpha value is -4.72. The first-order valence-corrected chi connectivity index (χ1v) is 21.5. The van der Waals surface area contributed by atoms with Crippen LogP contribution in [0.25, 0.3) is 10.8 Å². The molecule has 0 spiro atoms. The van der Waals surface area contributed by atoms with Crippen LogP contribution in [-0.4, -0.2) is 126 Å². The Bertz CT molecular complexity index is 2150. The minimum Gasteiger partial charge on any atom is -0.494 e. The Kier molecular flexibility index (Phi) is 11.8. The first-order valence-electron chi connectivity index (χ1n) is 20.1. The second-order valence-corrected chi connectivity index (χ2v) is 18.9. The molecule has 0 bridgehead atoms. The molecular formula is C40H49F4N5O10S. The van der Waals surface area contributed by atoms with E-state index in [0.29, 0.717) is 28.9 Å². The molecule has 2 saturated carbocycles. The van der Waals surface area contributed by atoms with Gasteiger partial charge in [-0.15, -0.1) is 0 Å². The summed E-state index contributed by atoms with van der Waals surface area (Å²) < 4.78 is 105. The molecular weight excluding hydrogens is 819 g/mol. The number of sulfonamides is 1. The zero-order chi connectivity index (χ0) is 43.4. The largest absolute Gasteiger partial charge is 0.494 e. The van der Waals surface area contributed by atoms with Crippen LogP contribution in [0.2, 0.25) is 0 Å². The number of nitrogens with zero attached hydrogens (tertiary/aromatic N) is 3. The third-order valence-corrected chi connectivity index (χ3v) is 14.8. The number of nitrogens with one attached hydrogen (secondary N) is 2. The van der Waals surface area contributed by atoms with Gasteiger partial charge in [0.2, 0.25) is 27.7 Å². The highest BCUT2D eigenvalue weighted by Crippen LogP contribution is 2.49. The quantitative estimate of drug-likeness (QED) is 0.238. The molecule has 60 heavy (non-hydrogen) atoms. The molecule has 15 nitrogen and oxygen atoms in total. The van der Waals surface area contributed by atoms with E-state index >= 15 is 18.0 Å². The van der Waals surface area contributed by atoms with Crippen molar-refractivity contribution in [1.29, 1.82) is 0 Å². The lowest BCUT2D eigenvalue weighted by molar-refractivity contribution is -0.200. The third kappa shape index (κ3) is 7.96. The van der Waals surface area contributed by atoms with Gasteiger partial charge in [-0.2, -0.15) is 13.2 Å². The van der Waals surface area contributed by atoms with Gasteiger partial charge in [-0.05, 0) is 62.8 Å². The van der Waals surface area contributed by atoms with Crippen LogP contribution < -0.4 is 19.5 Å². The highest BCUT2D eigenvalue weighted by atomic mass is 32.2. The van der Waals surface area contributed by atoms with Crippen molar-refractivity contribution in [3.8, 4) is 11.6 Å². The number of rotatable bonds is 9. The van der Waals surface area contributed by atoms with Gasteiger partial charge in [0.15, 0.2) is 6.04 Å². The minimum atomic E-state index is -5.27. The predicted octanol–water partition coefficient (Wildman–Crippen LogP) is 4.50. The molecule has 2 unspecified atom stereocenters. The first kappa shape index (κ1) is 43.4. The molecule has 4 fully saturated rings. The number of aromatic nitrogens is 1. The Morgan fingerprint density at radius 1 is 1.13 bits per heavy atom. The van der Waals surface area contributed by atoms with Crippen LogP contribution in [0.4, 0.5) is 22.4 Å². The maximum Gasteiger partial charge on any atom is 0.412 e. The molecule has 2 aromatic rings. The number of fused-ring (bicyclic) bond motifs is 3. The number of hydrogen-bond donors (Lipinski definition) is 3. The van der Waals surface area contributed by atoms with Gasteiger partial charge in [-0.3, -0.25) is 24.0 Å². The van der Waals surface area contributed by atoms with Crippen molar-refractivity contribution in [1.82, 2.24) is 24.8 Å². The predicted molar refractivity (Wildman–Crippen MR) is 206 cm³/mol. The standard InChI is InChI=1S/C40H49F4N5O10S/c1-22-8-4-5-9-24-18-39(24,36(52)47-60(55,56)38(21-41)13-14-38)46-33(50)28-17-29(59-34-27-11-7-6-10-26(27)30(57-3)19-45-34)32(40(42,43)44)49(28)35(51)31(23(2)16-22)48(37(53)54)25-12-15-58-20-25/h5-7,9-11,19,22-25,28-29,31-32H,4,8,12-18,20-21H2,1-3H3,(H,46,50)(H,47,52)(H,53,54)/b9-5-/t22-,23-,24-,25?,28+,29-,31+,32?,39-/m1/s1. The Balaban J connectivity index is 1.34. The minimum absolute atomic E-state index is 0.0371. The van der Waals surface area contributed by atoms with E-state index in [9.17, 15) is 32.3 Å². The van der Waals surface area contributed by atoms with Crippen LogP contribution >= 0.6 is 0 Å². The fourth-order valence-corrected chi connectivity index (χ4v) is 10.6. The lowest BCUT2D eigenvalue weighted by atomic mass is 9.86. The number of carboxylic acid groups (broad SMARTS) is 1. The molecule has 20 heteroatoms. The van der Waals surface area contributed by atoms with Crippen molar-refractivity contribution in [3.05, 3.63) is 42.6 Å². The molecule has 3 N–H and O–H groups in total. The van der Waals surface area contributed by atoms with Crippen LogP contribution in [0.1, 0.15) is 65.2 Å². The molecule has 1 aromatic carbocycles. The number of carbonyl (C=O) groups excluding carboxylic acids is 3. The van der Waals surface area contributed by atoms with Gasteiger partial charge in [-0.1, -0.05) is 44.2 Å². The molecule has 3 aliphatic heterocycles. The SMILES string of the molecule is COc1cnc(O[C@@H]2C[C@H]3C(=O)N[C@]4(C(=O)NS(=O)(=O)C5(CF)CC5)C[C@H]4/C=C\CC[C@@H](C)C[C@@H](C)[C@H](N(C(=O)O)C4CCOC4)C(=O)N3C2C(F)(F)F)c2ccccc12. The molecule has 2 aliphatic carbocycles. The lowest BCUT2D eigenvalue weighted by Gasteiger charge is -2.41. The van der Waals surface area contributed by atoms with Crippen molar-refractivity contribution < 1.29 is 64.5 Å². The van der Waals surface area contributed by atoms with E-state index in [0.717, 1.165) is 4.90 Å². The molecule has 2 saturated heterocycles. The lowest BCUT2D eigenvalue weighted by Crippen LogP contribution is -2.64. The van der Waals surface area contributed by atoms with Crippen LogP contribution in [-0.2, 0) is 29.1 Å².